The number of benzene rings is 3. The van der Waals surface area contributed by atoms with Crippen LogP contribution < -0.4 is 0 Å². The van der Waals surface area contributed by atoms with Crippen molar-refractivity contribution in [2.45, 2.75) is 6.42 Å². The summed E-state index contributed by atoms with van der Waals surface area (Å²) in [7, 11) is 0. The molecule has 144 valence electrons. The van der Waals surface area contributed by atoms with Crippen LogP contribution in [0.15, 0.2) is 71.7 Å². The SMILES string of the molecule is O=C1CN(C(=O)c2ccc3ccccc3c2)CCN1CC1=Nc2ccccc2C1. The van der Waals surface area contributed by atoms with Crippen molar-refractivity contribution in [3.8, 4) is 0 Å². The zero-order chi connectivity index (χ0) is 19.8. The Bertz CT molecular complexity index is 1150. The fourth-order valence-electron chi connectivity index (χ4n) is 4.06. The number of piperazine rings is 1. The lowest BCUT2D eigenvalue weighted by molar-refractivity contribution is -0.134. The summed E-state index contributed by atoms with van der Waals surface area (Å²) >= 11 is 0. The maximum atomic E-state index is 12.9. The van der Waals surface area contributed by atoms with Gasteiger partial charge in [0, 0.05) is 30.8 Å². The second-order valence-electron chi connectivity index (χ2n) is 7.59. The lowest BCUT2D eigenvalue weighted by Crippen LogP contribution is -2.53. The third-order valence-electron chi connectivity index (χ3n) is 5.64. The molecule has 2 aliphatic heterocycles. The highest BCUT2D eigenvalue weighted by atomic mass is 16.2. The molecule has 1 fully saturated rings. The quantitative estimate of drug-likeness (QED) is 0.696. The van der Waals surface area contributed by atoms with Crippen molar-refractivity contribution in [1.29, 1.82) is 0 Å². The summed E-state index contributed by atoms with van der Waals surface area (Å²) in [6.07, 6.45) is 0.791. The number of rotatable bonds is 3. The van der Waals surface area contributed by atoms with Crippen LogP contribution in [0.25, 0.3) is 10.8 Å². The molecule has 5 heteroatoms. The molecule has 2 heterocycles. The highest BCUT2D eigenvalue weighted by Crippen LogP contribution is 2.26. The van der Waals surface area contributed by atoms with Gasteiger partial charge in [0.05, 0.1) is 12.2 Å². The molecular weight excluding hydrogens is 362 g/mol. The lowest BCUT2D eigenvalue weighted by Gasteiger charge is -2.34. The van der Waals surface area contributed by atoms with E-state index in [0.29, 0.717) is 25.2 Å². The number of aliphatic imine (C=N–C) groups is 1. The minimum absolute atomic E-state index is 0.0240. The predicted octanol–water partition coefficient (Wildman–Crippen LogP) is 3.45. The van der Waals surface area contributed by atoms with Gasteiger partial charge < -0.3 is 9.80 Å². The number of para-hydroxylation sites is 1. The average molecular weight is 383 g/mol. The molecule has 2 amide bonds. The Labute approximate surface area is 169 Å². The van der Waals surface area contributed by atoms with Gasteiger partial charge in [0.1, 0.15) is 6.54 Å². The number of amides is 2. The molecule has 5 nitrogen and oxygen atoms in total. The molecule has 0 aliphatic carbocycles. The predicted molar refractivity (Wildman–Crippen MR) is 114 cm³/mol. The summed E-state index contributed by atoms with van der Waals surface area (Å²) in [6.45, 7) is 1.72. The van der Waals surface area contributed by atoms with Crippen LogP contribution in [0.4, 0.5) is 5.69 Å². The van der Waals surface area contributed by atoms with Gasteiger partial charge in [0.2, 0.25) is 5.91 Å². The van der Waals surface area contributed by atoms with Crippen LogP contribution in [-0.2, 0) is 11.2 Å². The second kappa shape index (κ2) is 7.17. The van der Waals surface area contributed by atoms with Gasteiger partial charge in [0.15, 0.2) is 0 Å². The Morgan fingerprint density at radius 3 is 2.55 bits per heavy atom. The summed E-state index contributed by atoms with van der Waals surface area (Å²) in [6, 6.07) is 21.7. The fourth-order valence-corrected chi connectivity index (χ4v) is 4.06. The van der Waals surface area contributed by atoms with E-state index in [1.165, 1.54) is 5.56 Å². The van der Waals surface area contributed by atoms with Gasteiger partial charge in [-0.05, 0) is 34.5 Å². The normalized spacial score (nSPS) is 16.1. The first-order chi connectivity index (χ1) is 14.2. The Morgan fingerprint density at radius 1 is 0.931 bits per heavy atom. The maximum absolute atomic E-state index is 12.9. The topological polar surface area (TPSA) is 53.0 Å². The van der Waals surface area contributed by atoms with E-state index in [9.17, 15) is 9.59 Å². The second-order valence-corrected chi connectivity index (χ2v) is 7.59. The fraction of sp³-hybridized carbons (Fsp3) is 0.208. The Balaban J connectivity index is 1.25. The first kappa shape index (κ1) is 17.6. The van der Waals surface area contributed by atoms with Crippen molar-refractivity contribution < 1.29 is 9.59 Å². The van der Waals surface area contributed by atoms with Crippen molar-refractivity contribution >= 4 is 34.0 Å². The van der Waals surface area contributed by atoms with E-state index in [1.807, 2.05) is 65.6 Å². The lowest BCUT2D eigenvalue weighted by atomic mass is 10.1. The van der Waals surface area contributed by atoms with Crippen molar-refractivity contribution in [2.75, 3.05) is 26.2 Å². The Morgan fingerprint density at radius 2 is 1.72 bits per heavy atom. The van der Waals surface area contributed by atoms with Gasteiger partial charge in [-0.15, -0.1) is 0 Å². The van der Waals surface area contributed by atoms with Crippen molar-refractivity contribution in [1.82, 2.24) is 9.80 Å². The number of fused-ring (bicyclic) bond motifs is 2. The standard InChI is InChI=1S/C24H21N3O2/c28-23-16-27(24(29)20-10-9-17-5-1-2-6-18(17)13-20)12-11-26(23)15-21-14-19-7-3-4-8-22(19)25-21/h1-10,13H,11-12,14-16H2. The molecule has 2 aliphatic rings. The van der Waals surface area contributed by atoms with Crippen molar-refractivity contribution in [3.05, 3.63) is 77.9 Å². The summed E-state index contributed by atoms with van der Waals surface area (Å²) < 4.78 is 0. The molecule has 0 atom stereocenters. The molecule has 29 heavy (non-hydrogen) atoms. The van der Waals surface area contributed by atoms with Gasteiger partial charge >= 0.3 is 0 Å². The number of hydrogen-bond acceptors (Lipinski definition) is 3. The number of nitrogens with zero attached hydrogens (tertiary/aromatic N) is 3. The van der Waals surface area contributed by atoms with E-state index < -0.39 is 0 Å². The highest BCUT2D eigenvalue weighted by molar-refractivity contribution is 6.01. The molecular formula is C24H21N3O2. The third kappa shape index (κ3) is 3.40. The molecule has 0 spiro atoms. The summed E-state index contributed by atoms with van der Waals surface area (Å²) in [5.74, 6) is -0.113. The van der Waals surface area contributed by atoms with E-state index in [2.05, 4.69) is 11.1 Å². The van der Waals surface area contributed by atoms with Gasteiger partial charge in [-0.3, -0.25) is 14.6 Å². The Hall–Kier alpha value is -3.47. The van der Waals surface area contributed by atoms with Crippen LogP contribution in [-0.4, -0.2) is 53.5 Å². The molecule has 0 bridgehead atoms. The van der Waals surface area contributed by atoms with Crippen LogP contribution in [0.3, 0.4) is 0 Å². The molecule has 1 saturated heterocycles. The first-order valence-corrected chi connectivity index (χ1v) is 9.87. The van der Waals surface area contributed by atoms with Crippen molar-refractivity contribution in [3.63, 3.8) is 0 Å². The molecule has 0 aromatic heterocycles. The van der Waals surface area contributed by atoms with E-state index in [4.69, 9.17) is 0 Å². The average Bonchev–Trinajstić information content (AvgIpc) is 3.17. The zero-order valence-electron chi connectivity index (χ0n) is 16.0. The maximum Gasteiger partial charge on any atom is 0.254 e. The molecule has 0 saturated carbocycles. The number of hydrogen-bond donors (Lipinski definition) is 0. The van der Waals surface area contributed by atoms with Crippen LogP contribution in [0.1, 0.15) is 15.9 Å². The van der Waals surface area contributed by atoms with Crippen LogP contribution in [0.5, 0.6) is 0 Å². The van der Waals surface area contributed by atoms with Crippen LogP contribution in [0, 0.1) is 0 Å². The minimum atomic E-state index is -0.0886. The number of carbonyl (C=O) groups is 2. The highest BCUT2D eigenvalue weighted by Gasteiger charge is 2.29. The van der Waals surface area contributed by atoms with Crippen LogP contribution >= 0.6 is 0 Å². The smallest absolute Gasteiger partial charge is 0.254 e. The van der Waals surface area contributed by atoms with Crippen molar-refractivity contribution in [2.24, 2.45) is 4.99 Å². The zero-order valence-corrected chi connectivity index (χ0v) is 16.0. The Kier molecular flexibility index (Phi) is 4.35. The third-order valence-corrected chi connectivity index (χ3v) is 5.64. The first-order valence-electron chi connectivity index (χ1n) is 9.87. The largest absolute Gasteiger partial charge is 0.334 e. The number of carbonyl (C=O) groups excluding carboxylic acids is 2. The van der Waals surface area contributed by atoms with Gasteiger partial charge in [-0.2, -0.15) is 0 Å². The molecule has 3 aromatic rings. The molecule has 5 rings (SSSR count). The van der Waals surface area contributed by atoms with E-state index in [0.717, 1.165) is 28.6 Å². The molecule has 3 aromatic carbocycles. The van der Waals surface area contributed by atoms with Gasteiger partial charge in [-0.25, -0.2) is 0 Å². The van der Waals surface area contributed by atoms with Gasteiger partial charge in [-0.1, -0.05) is 48.5 Å². The molecule has 0 N–H and O–H groups in total. The summed E-state index contributed by atoms with van der Waals surface area (Å²) in [5, 5.41) is 2.13. The monoisotopic (exact) mass is 383 g/mol. The summed E-state index contributed by atoms with van der Waals surface area (Å²) in [4.78, 5) is 33.7. The molecule has 0 radical (unpaired) electrons. The molecule has 0 unspecified atom stereocenters. The summed E-state index contributed by atoms with van der Waals surface area (Å²) in [5.41, 5.74) is 3.84. The van der Waals surface area contributed by atoms with E-state index in [1.54, 1.807) is 4.90 Å². The van der Waals surface area contributed by atoms with Crippen LogP contribution in [0.2, 0.25) is 0 Å². The van der Waals surface area contributed by atoms with E-state index in [-0.39, 0.29) is 18.4 Å². The van der Waals surface area contributed by atoms with Gasteiger partial charge in [0.25, 0.3) is 5.91 Å². The van der Waals surface area contributed by atoms with E-state index >= 15 is 0 Å². The minimum Gasteiger partial charge on any atom is -0.334 e.